The molecule has 2 aromatic carbocycles. The standard InChI is InChI=1S/C14H12BrF3N2O/c1-8-6-10(19)3-5-11(8)20-12-4-2-9(15)7-13(12)21-14(16,17)18/h2-7,20H,19H2,1H3. The summed E-state index contributed by atoms with van der Waals surface area (Å²) >= 11 is 3.12. The summed E-state index contributed by atoms with van der Waals surface area (Å²) in [5, 5.41) is 2.92. The highest BCUT2D eigenvalue weighted by atomic mass is 79.9. The van der Waals surface area contributed by atoms with E-state index in [1.54, 1.807) is 24.3 Å². The van der Waals surface area contributed by atoms with E-state index < -0.39 is 6.36 Å². The Balaban J connectivity index is 2.35. The second kappa shape index (κ2) is 5.85. The average molecular weight is 361 g/mol. The lowest BCUT2D eigenvalue weighted by molar-refractivity contribution is -0.274. The lowest BCUT2D eigenvalue weighted by Crippen LogP contribution is -2.18. The number of ether oxygens (including phenoxy) is 1. The highest BCUT2D eigenvalue weighted by Crippen LogP contribution is 2.35. The Morgan fingerprint density at radius 3 is 2.38 bits per heavy atom. The minimum atomic E-state index is -4.76. The molecule has 0 fully saturated rings. The maximum absolute atomic E-state index is 12.4. The molecule has 0 aliphatic heterocycles. The first-order valence-electron chi connectivity index (χ1n) is 5.93. The van der Waals surface area contributed by atoms with Crippen molar-refractivity contribution in [2.75, 3.05) is 11.1 Å². The molecular formula is C14H12BrF3N2O. The van der Waals surface area contributed by atoms with Crippen LogP contribution in [-0.4, -0.2) is 6.36 Å². The van der Waals surface area contributed by atoms with E-state index >= 15 is 0 Å². The summed E-state index contributed by atoms with van der Waals surface area (Å²) < 4.78 is 41.8. The molecule has 0 aromatic heterocycles. The fourth-order valence-electron chi connectivity index (χ4n) is 1.78. The van der Waals surface area contributed by atoms with Crippen LogP contribution in [0.3, 0.4) is 0 Å². The van der Waals surface area contributed by atoms with Crippen LogP contribution in [0.4, 0.5) is 30.2 Å². The molecule has 3 N–H and O–H groups in total. The van der Waals surface area contributed by atoms with Gasteiger partial charge in [-0.15, -0.1) is 13.2 Å². The van der Waals surface area contributed by atoms with Gasteiger partial charge in [0.25, 0.3) is 0 Å². The van der Waals surface area contributed by atoms with Crippen LogP contribution in [0.25, 0.3) is 0 Å². The van der Waals surface area contributed by atoms with E-state index in [4.69, 9.17) is 5.73 Å². The van der Waals surface area contributed by atoms with Gasteiger partial charge in [-0.2, -0.15) is 0 Å². The smallest absolute Gasteiger partial charge is 0.404 e. The van der Waals surface area contributed by atoms with Gasteiger partial charge in [-0.3, -0.25) is 0 Å². The van der Waals surface area contributed by atoms with Gasteiger partial charge in [-0.25, -0.2) is 0 Å². The highest BCUT2D eigenvalue weighted by Gasteiger charge is 2.32. The molecule has 0 saturated heterocycles. The van der Waals surface area contributed by atoms with E-state index in [0.717, 1.165) is 5.56 Å². The fourth-order valence-corrected chi connectivity index (χ4v) is 2.12. The molecule has 0 saturated carbocycles. The van der Waals surface area contributed by atoms with Crippen molar-refractivity contribution in [2.45, 2.75) is 13.3 Å². The van der Waals surface area contributed by atoms with E-state index in [1.807, 2.05) is 6.92 Å². The first kappa shape index (κ1) is 15.5. The molecule has 2 aromatic rings. The van der Waals surface area contributed by atoms with Gasteiger partial charge in [-0.1, -0.05) is 15.9 Å². The van der Waals surface area contributed by atoms with E-state index in [9.17, 15) is 13.2 Å². The Morgan fingerprint density at radius 1 is 1.10 bits per heavy atom. The number of nitrogen functional groups attached to an aromatic ring is 1. The lowest BCUT2D eigenvalue weighted by Gasteiger charge is -2.16. The predicted octanol–water partition coefficient (Wildman–Crippen LogP) is 4.98. The second-order valence-corrected chi connectivity index (χ2v) is 5.30. The zero-order valence-corrected chi connectivity index (χ0v) is 12.5. The number of aryl methyl sites for hydroxylation is 1. The van der Waals surface area contributed by atoms with Gasteiger partial charge >= 0.3 is 6.36 Å². The molecule has 112 valence electrons. The Bertz CT molecular complexity index is 659. The maximum atomic E-state index is 12.4. The van der Waals surface area contributed by atoms with E-state index in [0.29, 0.717) is 15.8 Å². The van der Waals surface area contributed by atoms with Crippen LogP contribution in [0.5, 0.6) is 5.75 Å². The molecule has 3 nitrogen and oxygen atoms in total. The number of benzene rings is 2. The summed E-state index contributed by atoms with van der Waals surface area (Å²) in [5.41, 5.74) is 7.91. The minimum Gasteiger partial charge on any atom is -0.404 e. The van der Waals surface area contributed by atoms with Crippen LogP contribution < -0.4 is 15.8 Å². The zero-order chi connectivity index (χ0) is 15.6. The molecule has 0 heterocycles. The van der Waals surface area contributed by atoms with Crippen LogP contribution in [0, 0.1) is 6.92 Å². The number of nitrogens with one attached hydrogen (secondary N) is 1. The monoisotopic (exact) mass is 360 g/mol. The number of alkyl halides is 3. The van der Waals surface area contributed by atoms with Gasteiger partial charge in [0.2, 0.25) is 0 Å². The number of halogens is 4. The molecule has 21 heavy (non-hydrogen) atoms. The van der Waals surface area contributed by atoms with Crippen molar-refractivity contribution >= 4 is 33.0 Å². The Labute approximate surface area is 128 Å². The number of hydrogen-bond acceptors (Lipinski definition) is 3. The van der Waals surface area contributed by atoms with Gasteiger partial charge in [0.1, 0.15) is 0 Å². The van der Waals surface area contributed by atoms with Crippen molar-refractivity contribution in [1.29, 1.82) is 0 Å². The Morgan fingerprint density at radius 2 is 1.76 bits per heavy atom. The van der Waals surface area contributed by atoms with Gasteiger partial charge in [-0.05, 0) is 48.9 Å². The lowest BCUT2D eigenvalue weighted by atomic mass is 10.1. The van der Waals surface area contributed by atoms with Gasteiger partial charge in [0.05, 0.1) is 5.69 Å². The first-order chi connectivity index (χ1) is 9.74. The molecule has 0 amide bonds. The van der Waals surface area contributed by atoms with Crippen molar-refractivity contribution in [2.24, 2.45) is 0 Å². The van der Waals surface area contributed by atoms with Gasteiger partial charge in [0.15, 0.2) is 5.75 Å². The normalized spacial score (nSPS) is 11.3. The largest absolute Gasteiger partial charge is 0.573 e. The molecule has 0 atom stereocenters. The maximum Gasteiger partial charge on any atom is 0.573 e. The van der Waals surface area contributed by atoms with Crippen LogP contribution in [0.2, 0.25) is 0 Å². The van der Waals surface area contributed by atoms with E-state index in [-0.39, 0.29) is 11.4 Å². The van der Waals surface area contributed by atoms with Crippen LogP contribution in [0.1, 0.15) is 5.56 Å². The van der Waals surface area contributed by atoms with E-state index in [1.165, 1.54) is 12.1 Å². The van der Waals surface area contributed by atoms with Crippen molar-refractivity contribution in [1.82, 2.24) is 0 Å². The summed E-state index contributed by atoms with van der Waals surface area (Å²) in [5.74, 6) is -0.312. The molecule has 0 aliphatic rings. The second-order valence-electron chi connectivity index (χ2n) is 4.39. The molecule has 0 spiro atoms. The number of rotatable bonds is 3. The van der Waals surface area contributed by atoms with E-state index in [2.05, 4.69) is 26.0 Å². The quantitative estimate of drug-likeness (QED) is 0.758. The molecule has 0 radical (unpaired) electrons. The summed E-state index contributed by atoms with van der Waals surface area (Å²) in [6, 6.07) is 9.47. The Kier molecular flexibility index (Phi) is 4.32. The SMILES string of the molecule is Cc1cc(N)ccc1Nc1ccc(Br)cc1OC(F)(F)F. The average Bonchev–Trinajstić information content (AvgIpc) is 2.33. The zero-order valence-electron chi connectivity index (χ0n) is 11.0. The third-order valence-electron chi connectivity index (χ3n) is 2.69. The van der Waals surface area contributed by atoms with Crippen LogP contribution in [-0.2, 0) is 0 Å². The van der Waals surface area contributed by atoms with Crippen molar-refractivity contribution < 1.29 is 17.9 Å². The molecular weight excluding hydrogens is 349 g/mol. The van der Waals surface area contributed by atoms with Crippen molar-refractivity contribution in [3.63, 3.8) is 0 Å². The predicted molar refractivity (Wildman–Crippen MR) is 79.7 cm³/mol. The minimum absolute atomic E-state index is 0.211. The molecule has 0 bridgehead atoms. The number of hydrogen-bond donors (Lipinski definition) is 2. The number of nitrogens with two attached hydrogens (primary N) is 1. The molecule has 0 aliphatic carbocycles. The van der Waals surface area contributed by atoms with Crippen molar-refractivity contribution in [3.05, 3.63) is 46.4 Å². The highest BCUT2D eigenvalue weighted by molar-refractivity contribution is 9.10. The molecule has 7 heteroatoms. The van der Waals surface area contributed by atoms with Gasteiger partial charge < -0.3 is 15.8 Å². The summed E-state index contributed by atoms with van der Waals surface area (Å²) in [6.07, 6.45) is -4.76. The third kappa shape index (κ3) is 4.29. The van der Waals surface area contributed by atoms with Crippen LogP contribution in [0.15, 0.2) is 40.9 Å². The first-order valence-corrected chi connectivity index (χ1v) is 6.72. The van der Waals surface area contributed by atoms with Crippen molar-refractivity contribution in [3.8, 4) is 5.75 Å². The topological polar surface area (TPSA) is 47.3 Å². The number of anilines is 3. The summed E-state index contributed by atoms with van der Waals surface area (Å²) in [6.45, 7) is 1.81. The molecule has 2 rings (SSSR count). The summed E-state index contributed by atoms with van der Waals surface area (Å²) in [7, 11) is 0. The third-order valence-corrected chi connectivity index (χ3v) is 3.18. The van der Waals surface area contributed by atoms with Gasteiger partial charge in [0, 0.05) is 15.8 Å². The Hall–Kier alpha value is -1.89. The summed E-state index contributed by atoms with van der Waals surface area (Å²) in [4.78, 5) is 0. The molecule has 0 unspecified atom stereocenters. The fraction of sp³-hybridized carbons (Fsp3) is 0.143. The van der Waals surface area contributed by atoms with Crippen LogP contribution >= 0.6 is 15.9 Å².